The number of hydrogen-bond acceptors (Lipinski definition) is 5. The fourth-order valence-electron chi connectivity index (χ4n) is 2.06. The summed E-state index contributed by atoms with van der Waals surface area (Å²) in [7, 11) is 1.60. The van der Waals surface area contributed by atoms with Crippen molar-refractivity contribution in [1.29, 1.82) is 0 Å². The molecule has 7 heteroatoms. The molecule has 0 spiro atoms. The lowest BCUT2D eigenvalue weighted by atomic mass is 10.2. The quantitative estimate of drug-likeness (QED) is 0.788. The first kappa shape index (κ1) is 15.8. The second-order valence-electron chi connectivity index (χ2n) is 4.91. The molecule has 0 amide bonds. The van der Waals surface area contributed by atoms with Crippen molar-refractivity contribution in [3.05, 3.63) is 35.2 Å². The standard InChI is InChI=1S/C15H19N3O4/c1-10-5-6-12(13(9-10)21-3)22-8-4-7-18-11(2)14(15(19)20)16-17-18/h5-6,9H,4,7-8H2,1-3H3,(H,19,20). The Kier molecular flexibility index (Phi) is 4.98. The number of carbonyl (C=O) groups is 1. The van der Waals surface area contributed by atoms with Crippen LogP contribution in [-0.2, 0) is 6.54 Å². The van der Waals surface area contributed by atoms with Crippen molar-refractivity contribution < 1.29 is 19.4 Å². The highest BCUT2D eigenvalue weighted by Crippen LogP contribution is 2.27. The average Bonchev–Trinajstić information content (AvgIpc) is 2.86. The van der Waals surface area contributed by atoms with Crippen LogP contribution in [0.4, 0.5) is 0 Å². The molecule has 0 fully saturated rings. The molecule has 0 aliphatic carbocycles. The Morgan fingerprint density at radius 1 is 1.32 bits per heavy atom. The fraction of sp³-hybridized carbons (Fsp3) is 0.400. The van der Waals surface area contributed by atoms with Crippen LogP contribution >= 0.6 is 0 Å². The predicted octanol–water partition coefficient (Wildman–Crippen LogP) is 2.07. The number of nitrogens with zero attached hydrogens (tertiary/aromatic N) is 3. The van der Waals surface area contributed by atoms with E-state index >= 15 is 0 Å². The van der Waals surface area contributed by atoms with Gasteiger partial charge >= 0.3 is 5.97 Å². The van der Waals surface area contributed by atoms with Crippen LogP contribution in [0.15, 0.2) is 18.2 Å². The Labute approximate surface area is 128 Å². The molecular formula is C15H19N3O4. The zero-order valence-corrected chi connectivity index (χ0v) is 12.9. The molecule has 0 saturated carbocycles. The van der Waals surface area contributed by atoms with Gasteiger partial charge in [-0.3, -0.25) is 0 Å². The van der Waals surface area contributed by atoms with Crippen LogP contribution in [0.25, 0.3) is 0 Å². The van der Waals surface area contributed by atoms with Gasteiger partial charge in [-0.05, 0) is 31.5 Å². The molecule has 0 aliphatic heterocycles. The molecular weight excluding hydrogens is 286 g/mol. The smallest absolute Gasteiger partial charge is 0.358 e. The molecule has 0 atom stereocenters. The molecule has 1 N–H and O–H groups in total. The van der Waals surface area contributed by atoms with E-state index < -0.39 is 5.97 Å². The van der Waals surface area contributed by atoms with Crippen LogP contribution in [0.5, 0.6) is 11.5 Å². The molecule has 0 radical (unpaired) electrons. The fourth-order valence-corrected chi connectivity index (χ4v) is 2.06. The number of benzene rings is 1. The topological polar surface area (TPSA) is 86.5 Å². The molecule has 1 heterocycles. The first-order chi connectivity index (χ1) is 10.5. The molecule has 118 valence electrons. The summed E-state index contributed by atoms with van der Waals surface area (Å²) in [5.74, 6) is 0.323. The maximum atomic E-state index is 10.9. The second kappa shape index (κ2) is 6.93. The summed E-state index contributed by atoms with van der Waals surface area (Å²) in [5, 5.41) is 16.4. The van der Waals surface area contributed by atoms with Gasteiger partial charge in [0.25, 0.3) is 0 Å². The van der Waals surface area contributed by atoms with E-state index in [-0.39, 0.29) is 5.69 Å². The summed E-state index contributed by atoms with van der Waals surface area (Å²) in [5.41, 5.74) is 1.63. The third-order valence-electron chi connectivity index (χ3n) is 3.28. The van der Waals surface area contributed by atoms with Crippen molar-refractivity contribution in [2.45, 2.75) is 26.8 Å². The number of hydrogen-bond donors (Lipinski definition) is 1. The zero-order valence-electron chi connectivity index (χ0n) is 12.9. The summed E-state index contributed by atoms with van der Waals surface area (Å²) < 4.78 is 12.5. The van der Waals surface area contributed by atoms with E-state index in [1.165, 1.54) is 0 Å². The molecule has 1 aromatic carbocycles. The lowest BCUT2D eigenvalue weighted by Crippen LogP contribution is -2.08. The van der Waals surface area contributed by atoms with Crippen molar-refractivity contribution >= 4 is 5.97 Å². The van der Waals surface area contributed by atoms with Gasteiger partial charge in [-0.1, -0.05) is 11.3 Å². The highest BCUT2D eigenvalue weighted by molar-refractivity contribution is 5.86. The van der Waals surface area contributed by atoms with Crippen LogP contribution in [0.1, 0.15) is 28.2 Å². The molecule has 1 aromatic heterocycles. The third-order valence-corrected chi connectivity index (χ3v) is 3.28. The minimum atomic E-state index is -1.07. The largest absolute Gasteiger partial charge is 0.493 e. The highest BCUT2D eigenvalue weighted by atomic mass is 16.5. The van der Waals surface area contributed by atoms with Gasteiger partial charge in [0, 0.05) is 13.0 Å². The van der Waals surface area contributed by atoms with Gasteiger partial charge in [0.15, 0.2) is 17.2 Å². The zero-order chi connectivity index (χ0) is 16.1. The van der Waals surface area contributed by atoms with Gasteiger partial charge in [0.2, 0.25) is 0 Å². The normalized spacial score (nSPS) is 10.5. The predicted molar refractivity (Wildman–Crippen MR) is 79.6 cm³/mol. The number of aromatic carboxylic acids is 1. The van der Waals surface area contributed by atoms with E-state index in [0.29, 0.717) is 36.8 Å². The van der Waals surface area contributed by atoms with Crippen LogP contribution in [0.3, 0.4) is 0 Å². The van der Waals surface area contributed by atoms with Gasteiger partial charge in [-0.25, -0.2) is 9.48 Å². The number of rotatable bonds is 7. The Morgan fingerprint density at radius 3 is 2.73 bits per heavy atom. The van der Waals surface area contributed by atoms with Gasteiger partial charge in [0.1, 0.15) is 0 Å². The Hall–Kier alpha value is -2.57. The molecule has 0 saturated heterocycles. The Morgan fingerprint density at radius 2 is 2.09 bits per heavy atom. The summed E-state index contributed by atoms with van der Waals surface area (Å²) in [4.78, 5) is 10.9. The molecule has 0 aliphatic rings. The third kappa shape index (κ3) is 3.55. The lowest BCUT2D eigenvalue weighted by Gasteiger charge is -2.11. The van der Waals surface area contributed by atoms with Gasteiger partial charge in [0.05, 0.1) is 19.4 Å². The molecule has 0 bridgehead atoms. The highest BCUT2D eigenvalue weighted by Gasteiger charge is 2.14. The number of carboxylic acid groups (broad SMARTS) is 1. The van der Waals surface area contributed by atoms with E-state index in [4.69, 9.17) is 14.6 Å². The number of ether oxygens (including phenoxy) is 2. The molecule has 2 rings (SSSR count). The number of methoxy groups -OCH3 is 1. The van der Waals surface area contributed by atoms with Crippen molar-refractivity contribution in [3.8, 4) is 11.5 Å². The first-order valence-electron chi connectivity index (χ1n) is 6.93. The van der Waals surface area contributed by atoms with Crippen LogP contribution in [-0.4, -0.2) is 39.8 Å². The summed E-state index contributed by atoms with van der Waals surface area (Å²) in [6.07, 6.45) is 0.681. The SMILES string of the molecule is COc1cc(C)ccc1OCCCn1nnc(C(=O)O)c1C. The maximum Gasteiger partial charge on any atom is 0.358 e. The number of carboxylic acids is 1. The summed E-state index contributed by atoms with van der Waals surface area (Å²) >= 11 is 0. The van der Waals surface area contributed by atoms with Gasteiger partial charge in [-0.2, -0.15) is 0 Å². The minimum Gasteiger partial charge on any atom is -0.493 e. The van der Waals surface area contributed by atoms with E-state index in [0.717, 1.165) is 5.56 Å². The van der Waals surface area contributed by atoms with Crippen molar-refractivity contribution in [2.75, 3.05) is 13.7 Å². The minimum absolute atomic E-state index is 0.0128. The van der Waals surface area contributed by atoms with E-state index in [1.54, 1.807) is 18.7 Å². The Bertz CT molecular complexity index is 667. The van der Waals surface area contributed by atoms with Gasteiger partial charge in [-0.15, -0.1) is 5.10 Å². The first-order valence-corrected chi connectivity index (χ1v) is 6.93. The van der Waals surface area contributed by atoms with Crippen LogP contribution in [0.2, 0.25) is 0 Å². The average molecular weight is 305 g/mol. The van der Waals surface area contributed by atoms with E-state index in [9.17, 15) is 4.79 Å². The summed E-state index contributed by atoms with van der Waals surface area (Å²) in [6.45, 7) is 4.69. The molecule has 22 heavy (non-hydrogen) atoms. The Balaban J connectivity index is 1.89. The summed E-state index contributed by atoms with van der Waals surface area (Å²) in [6, 6.07) is 5.74. The van der Waals surface area contributed by atoms with Crippen molar-refractivity contribution in [3.63, 3.8) is 0 Å². The number of aryl methyl sites for hydroxylation is 2. The van der Waals surface area contributed by atoms with Crippen LogP contribution in [0, 0.1) is 13.8 Å². The monoisotopic (exact) mass is 305 g/mol. The van der Waals surface area contributed by atoms with Crippen LogP contribution < -0.4 is 9.47 Å². The van der Waals surface area contributed by atoms with E-state index in [2.05, 4.69) is 10.3 Å². The van der Waals surface area contributed by atoms with Gasteiger partial charge < -0.3 is 14.6 Å². The maximum absolute atomic E-state index is 10.9. The van der Waals surface area contributed by atoms with E-state index in [1.807, 2.05) is 25.1 Å². The lowest BCUT2D eigenvalue weighted by molar-refractivity contribution is 0.0689. The van der Waals surface area contributed by atoms with Crippen molar-refractivity contribution in [2.24, 2.45) is 0 Å². The number of aromatic nitrogens is 3. The molecule has 7 nitrogen and oxygen atoms in total. The molecule has 0 unspecified atom stereocenters. The molecule has 2 aromatic rings. The second-order valence-corrected chi connectivity index (χ2v) is 4.91. The van der Waals surface area contributed by atoms with Crippen molar-refractivity contribution in [1.82, 2.24) is 15.0 Å².